The zero-order valence-corrected chi connectivity index (χ0v) is 10.9. The molecule has 1 fully saturated rings. The summed E-state index contributed by atoms with van der Waals surface area (Å²) in [5.41, 5.74) is 0.694. The number of carbonyl (C=O) groups excluding carboxylic acids is 1. The lowest BCUT2D eigenvalue weighted by atomic mass is 9.89. The molecule has 0 atom stereocenters. The number of carbonyl (C=O) groups is 1. The van der Waals surface area contributed by atoms with Crippen molar-refractivity contribution in [2.75, 3.05) is 19.0 Å². The molecular weight excluding hydrogens is 230 g/mol. The van der Waals surface area contributed by atoms with E-state index in [4.69, 9.17) is 4.74 Å². The molecule has 1 N–H and O–H groups in total. The van der Waals surface area contributed by atoms with Crippen molar-refractivity contribution in [1.29, 1.82) is 0 Å². The van der Waals surface area contributed by atoms with Gasteiger partial charge in [-0.3, -0.25) is 0 Å². The van der Waals surface area contributed by atoms with Gasteiger partial charge < -0.3 is 10.1 Å². The Hall–Kier alpha value is -1.65. The van der Waals surface area contributed by atoms with E-state index in [9.17, 15) is 4.79 Å². The number of hydrogen-bond acceptors (Lipinski definition) is 5. The minimum Gasteiger partial charge on any atom is -0.465 e. The summed E-state index contributed by atoms with van der Waals surface area (Å²) in [7, 11) is 1.36. The van der Waals surface area contributed by atoms with Crippen molar-refractivity contribution in [2.24, 2.45) is 5.41 Å². The summed E-state index contributed by atoms with van der Waals surface area (Å²) in [5, 5.41) is 3.26. The van der Waals surface area contributed by atoms with E-state index in [1.54, 1.807) is 0 Å². The minimum atomic E-state index is -0.408. The molecule has 1 aromatic rings. The van der Waals surface area contributed by atoms with E-state index in [1.807, 2.05) is 0 Å². The number of esters is 1. The largest absolute Gasteiger partial charge is 0.465 e. The lowest BCUT2D eigenvalue weighted by Crippen LogP contribution is -2.24. The number of rotatable bonds is 4. The standard InChI is InChI=1S/C13H19N3O2/c1-13(5-3-4-6-13)8-15-11-10(12(17)18-2)7-14-9-16-11/h7,9H,3-6,8H2,1-2H3,(H,14,15,16). The molecule has 0 spiro atoms. The number of aromatic nitrogens is 2. The van der Waals surface area contributed by atoms with Crippen molar-refractivity contribution in [1.82, 2.24) is 9.97 Å². The molecule has 1 heterocycles. The van der Waals surface area contributed by atoms with E-state index in [1.165, 1.54) is 45.3 Å². The fraction of sp³-hybridized carbons (Fsp3) is 0.615. The number of methoxy groups -OCH3 is 1. The highest BCUT2D eigenvalue weighted by Gasteiger charge is 2.28. The van der Waals surface area contributed by atoms with Crippen molar-refractivity contribution in [3.05, 3.63) is 18.1 Å². The van der Waals surface area contributed by atoms with Gasteiger partial charge >= 0.3 is 5.97 Å². The van der Waals surface area contributed by atoms with Gasteiger partial charge in [-0.25, -0.2) is 14.8 Å². The van der Waals surface area contributed by atoms with Crippen LogP contribution in [0.1, 0.15) is 43.0 Å². The second-order valence-electron chi connectivity index (χ2n) is 5.15. The Bertz CT molecular complexity index is 428. The highest BCUT2D eigenvalue weighted by Crippen LogP contribution is 2.37. The SMILES string of the molecule is COC(=O)c1cncnc1NCC1(C)CCCC1. The van der Waals surface area contributed by atoms with Gasteiger partial charge in [-0.05, 0) is 18.3 Å². The van der Waals surface area contributed by atoms with E-state index < -0.39 is 5.97 Å². The Kier molecular flexibility index (Phi) is 3.79. The molecule has 0 radical (unpaired) electrons. The van der Waals surface area contributed by atoms with Gasteiger partial charge in [0.1, 0.15) is 17.7 Å². The number of ether oxygens (including phenoxy) is 1. The molecule has 98 valence electrons. The Morgan fingerprint density at radius 1 is 1.50 bits per heavy atom. The van der Waals surface area contributed by atoms with Crippen LogP contribution in [0.15, 0.2) is 12.5 Å². The van der Waals surface area contributed by atoms with Crippen molar-refractivity contribution >= 4 is 11.8 Å². The van der Waals surface area contributed by atoms with E-state index in [2.05, 4.69) is 22.2 Å². The third-order valence-corrected chi connectivity index (χ3v) is 3.61. The molecule has 1 aromatic heterocycles. The van der Waals surface area contributed by atoms with Crippen molar-refractivity contribution in [2.45, 2.75) is 32.6 Å². The Morgan fingerprint density at radius 2 is 2.22 bits per heavy atom. The predicted molar refractivity (Wildman–Crippen MR) is 68.4 cm³/mol. The van der Waals surface area contributed by atoms with Crippen LogP contribution in [0.25, 0.3) is 0 Å². The Morgan fingerprint density at radius 3 is 2.89 bits per heavy atom. The first-order valence-corrected chi connectivity index (χ1v) is 6.27. The molecule has 18 heavy (non-hydrogen) atoms. The molecule has 1 aliphatic carbocycles. The molecule has 1 saturated carbocycles. The molecule has 0 amide bonds. The molecular formula is C13H19N3O2. The Balaban J connectivity index is 2.07. The summed E-state index contributed by atoms with van der Waals surface area (Å²) < 4.78 is 4.71. The predicted octanol–water partition coefficient (Wildman–Crippen LogP) is 2.26. The van der Waals surface area contributed by atoms with Gasteiger partial charge in [0, 0.05) is 12.7 Å². The lowest BCUT2D eigenvalue weighted by molar-refractivity contribution is 0.0601. The van der Waals surface area contributed by atoms with Gasteiger partial charge in [0.25, 0.3) is 0 Å². The molecule has 2 rings (SSSR count). The first kappa shape index (κ1) is 12.8. The second-order valence-corrected chi connectivity index (χ2v) is 5.15. The normalized spacial score (nSPS) is 17.4. The number of nitrogens with one attached hydrogen (secondary N) is 1. The van der Waals surface area contributed by atoms with E-state index in [0.717, 1.165) is 6.54 Å². The van der Waals surface area contributed by atoms with Crippen LogP contribution in [0.4, 0.5) is 5.82 Å². The van der Waals surface area contributed by atoms with Crippen LogP contribution in [0, 0.1) is 5.41 Å². The van der Waals surface area contributed by atoms with Gasteiger partial charge in [0.15, 0.2) is 0 Å². The summed E-state index contributed by atoms with van der Waals surface area (Å²) >= 11 is 0. The maximum Gasteiger partial charge on any atom is 0.343 e. The molecule has 0 aliphatic heterocycles. The fourth-order valence-corrected chi connectivity index (χ4v) is 2.43. The zero-order valence-electron chi connectivity index (χ0n) is 10.9. The molecule has 5 heteroatoms. The van der Waals surface area contributed by atoms with E-state index in [-0.39, 0.29) is 0 Å². The van der Waals surface area contributed by atoms with Crippen LogP contribution < -0.4 is 5.32 Å². The molecule has 1 aliphatic rings. The summed E-state index contributed by atoms with van der Waals surface area (Å²) in [6.45, 7) is 3.10. The van der Waals surface area contributed by atoms with Gasteiger partial charge in [0.2, 0.25) is 0 Å². The summed E-state index contributed by atoms with van der Waals surface area (Å²) in [5.74, 6) is 0.152. The van der Waals surface area contributed by atoms with Crippen LogP contribution in [0.5, 0.6) is 0 Å². The molecule has 0 unspecified atom stereocenters. The minimum absolute atomic E-state index is 0.304. The van der Waals surface area contributed by atoms with Gasteiger partial charge in [0.05, 0.1) is 7.11 Å². The highest BCUT2D eigenvalue weighted by molar-refractivity contribution is 5.94. The van der Waals surface area contributed by atoms with Gasteiger partial charge in [-0.2, -0.15) is 0 Å². The number of anilines is 1. The monoisotopic (exact) mass is 249 g/mol. The summed E-state index contributed by atoms with van der Waals surface area (Å²) in [6, 6.07) is 0. The van der Waals surface area contributed by atoms with Crippen LogP contribution in [0.3, 0.4) is 0 Å². The maximum atomic E-state index is 11.6. The van der Waals surface area contributed by atoms with Gasteiger partial charge in [-0.1, -0.05) is 19.8 Å². The molecule has 0 bridgehead atoms. The van der Waals surface area contributed by atoms with Crippen molar-refractivity contribution in [3.63, 3.8) is 0 Å². The van der Waals surface area contributed by atoms with Crippen LogP contribution >= 0.6 is 0 Å². The molecule has 0 aromatic carbocycles. The smallest absolute Gasteiger partial charge is 0.343 e. The van der Waals surface area contributed by atoms with E-state index in [0.29, 0.717) is 16.8 Å². The number of nitrogens with zero attached hydrogens (tertiary/aromatic N) is 2. The average Bonchev–Trinajstić information content (AvgIpc) is 2.83. The van der Waals surface area contributed by atoms with Crippen LogP contribution in [-0.4, -0.2) is 29.6 Å². The maximum absolute atomic E-state index is 11.6. The fourth-order valence-electron chi connectivity index (χ4n) is 2.43. The quantitative estimate of drug-likeness (QED) is 0.829. The number of hydrogen-bond donors (Lipinski definition) is 1. The first-order chi connectivity index (χ1) is 8.64. The first-order valence-electron chi connectivity index (χ1n) is 6.27. The summed E-state index contributed by atoms with van der Waals surface area (Å²) in [6.07, 6.45) is 7.93. The van der Waals surface area contributed by atoms with Crippen molar-refractivity contribution in [3.8, 4) is 0 Å². The molecule has 5 nitrogen and oxygen atoms in total. The van der Waals surface area contributed by atoms with Crippen molar-refractivity contribution < 1.29 is 9.53 Å². The Labute approximate surface area is 107 Å². The topological polar surface area (TPSA) is 64.1 Å². The lowest BCUT2D eigenvalue weighted by Gasteiger charge is -2.24. The van der Waals surface area contributed by atoms with Gasteiger partial charge in [-0.15, -0.1) is 0 Å². The molecule has 0 saturated heterocycles. The average molecular weight is 249 g/mol. The summed E-state index contributed by atoms with van der Waals surface area (Å²) in [4.78, 5) is 19.5. The third kappa shape index (κ3) is 2.78. The van der Waals surface area contributed by atoms with Crippen LogP contribution in [-0.2, 0) is 4.74 Å². The van der Waals surface area contributed by atoms with Crippen LogP contribution in [0.2, 0.25) is 0 Å². The third-order valence-electron chi connectivity index (χ3n) is 3.61. The van der Waals surface area contributed by atoms with E-state index >= 15 is 0 Å². The zero-order chi connectivity index (χ0) is 13.0. The highest BCUT2D eigenvalue weighted by atomic mass is 16.5. The second kappa shape index (κ2) is 5.33.